The lowest BCUT2D eigenvalue weighted by Gasteiger charge is -2.26. The lowest BCUT2D eigenvalue weighted by atomic mass is 10.0. The highest BCUT2D eigenvalue weighted by atomic mass is 16.4. The fourth-order valence-corrected chi connectivity index (χ4v) is 2.47. The molecule has 0 saturated heterocycles. The first kappa shape index (κ1) is 12.0. The first-order chi connectivity index (χ1) is 8.02. The summed E-state index contributed by atoms with van der Waals surface area (Å²) in [6, 6.07) is 8.22. The zero-order chi connectivity index (χ0) is 12.5. The average molecular weight is 233 g/mol. The van der Waals surface area contributed by atoms with Crippen molar-refractivity contribution in [3.05, 3.63) is 29.8 Å². The van der Waals surface area contributed by atoms with Crippen molar-refractivity contribution < 1.29 is 9.90 Å². The van der Waals surface area contributed by atoms with Crippen LogP contribution in [-0.4, -0.2) is 24.7 Å². The van der Waals surface area contributed by atoms with Crippen LogP contribution in [-0.2, 0) is 4.79 Å². The lowest BCUT2D eigenvalue weighted by Crippen LogP contribution is -2.28. The van der Waals surface area contributed by atoms with Gasteiger partial charge in [0.05, 0.1) is 6.42 Å². The summed E-state index contributed by atoms with van der Waals surface area (Å²) in [4.78, 5) is 13.0. The van der Waals surface area contributed by atoms with Crippen LogP contribution in [0.25, 0.3) is 0 Å². The summed E-state index contributed by atoms with van der Waals surface area (Å²) >= 11 is 0. The minimum Gasteiger partial charge on any atom is -0.481 e. The van der Waals surface area contributed by atoms with E-state index < -0.39 is 5.97 Å². The van der Waals surface area contributed by atoms with E-state index in [0.29, 0.717) is 6.42 Å². The molecule has 17 heavy (non-hydrogen) atoms. The molecule has 0 spiro atoms. The maximum atomic E-state index is 10.8. The number of rotatable bonds is 5. The Labute approximate surface area is 102 Å². The van der Waals surface area contributed by atoms with Gasteiger partial charge in [0.25, 0.3) is 0 Å². The molecule has 0 atom stereocenters. The van der Waals surface area contributed by atoms with Gasteiger partial charge in [-0.2, -0.15) is 0 Å². The minimum absolute atomic E-state index is 0.0167. The van der Waals surface area contributed by atoms with Gasteiger partial charge in [-0.1, -0.05) is 18.2 Å². The summed E-state index contributed by atoms with van der Waals surface area (Å²) in [5.74, 6) is -0.680. The van der Waals surface area contributed by atoms with Crippen LogP contribution in [0.15, 0.2) is 24.3 Å². The van der Waals surface area contributed by atoms with E-state index in [1.54, 1.807) is 0 Å². The number of nitrogens with zero attached hydrogens (tertiary/aromatic N) is 1. The van der Waals surface area contributed by atoms with Crippen LogP contribution >= 0.6 is 0 Å². The second kappa shape index (κ2) is 4.40. The summed E-state index contributed by atoms with van der Waals surface area (Å²) in [5, 5.41) is 8.91. The summed E-state index contributed by atoms with van der Waals surface area (Å²) in [5.41, 5.74) is 2.45. The first-order valence-electron chi connectivity index (χ1n) is 6.01. The van der Waals surface area contributed by atoms with Crippen molar-refractivity contribution in [2.24, 2.45) is 5.41 Å². The highest BCUT2D eigenvalue weighted by Crippen LogP contribution is 2.49. The Morgan fingerprint density at radius 1 is 1.41 bits per heavy atom. The molecule has 1 N–H and O–H groups in total. The number of carboxylic acid groups (broad SMARTS) is 1. The molecule has 0 aliphatic heterocycles. The van der Waals surface area contributed by atoms with E-state index in [0.717, 1.165) is 19.4 Å². The van der Waals surface area contributed by atoms with Crippen molar-refractivity contribution in [3.8, 4) is 0 Å². The Bertz CT molecular complexity index is 424. The van der Waals surface area contributed by atoms with E-state index in [1.807, 2.05) is 19.2 Å². The molecule has 3 heteroatoms. The molecule has 1 aliphatic carbocycles. The van der Waals surface area contributed by atoms with Gasteiger partial charge < -0.3 is 10.0 Å². The molecule has 0 aromatic heterocycles. The van der Waals surface area contributed by atoms with Crippen molar-refractivity contribution in [1.82, 2.24) is 0 Å². The lowest BCUT2D eigenvalue weighted by molar-refractivity contribution is -0.138. The van der Waals surface area contributed by atoms with E-state index >= 15 is 0 Å². The number of para-hydroxylation sites is 1. The fourth-order valence-electron chi connectivity index (χ4n) is 2.47. The minimum atomic E-state index is -0.680. The van der Waals surface area contributed by atoms with Crippen molar-refractivity contribution >= 4 is 11.7 Å². The van der Waals surface area contributed by atoms with Crippen molar-refractivity contribution in [3.63, 3.8) is 0 Å². The van der Waals surface area contributed by atoms with Crippen LogP contribution in [0.3, 0.4) is 0 Å². The average Bonchev–Trinajstić information content (AvgIpc) is 2.97. The summed E-state index contributed by atoms with van der Waals surface area (Å²) < 4.78 is 0. The molecule has 1 aromatic rings. The van der Waals surface area contributed by atoms with E-state index in [-0.39, 0.29) is 5.41 Å². The molecule has 1 aliphatic rings. The van der Waals surface area contributed by atoms with Gasteiger partial charge in [0.2, 0.25) is 0 Å². The number of aryl methyl sites for hydroxylation is 1. The Balaban J connectivity index is 2.05. The van der Waals surface area contributed by atoms with Gasteiger partial charge in [-0.3, -0.25) is 4.79 Å². The summed E-state index contributed by atoms with van der Waals surface area (Å²) in [6.45, 7) is 2.92. The number of carboxylic acids is 1. The monoisotopic (exact) mass is 233 g/mol. The molecule has 0 radical (unpaired) electrons. The highest BCUT2D eigenvalue weighted by Gasteiger charge is 2.45. The smallest absolute Gasteiger partial charge is 0.303 e. The zero-order valence-electron chi connectivity index (χ0n) is 10.4. The second-order valence-corrected chi connectivity index (χ2v) is 5.21. The third-order valence-electron chi connectivity index (χ3n) is 3.58. The van der Waals surface area contributed by atoms with Crippen molar-refractivity contribution in [1.29, 1.82) is 0 Å². The normalized spacial score (nSPS) is 16.6. The maximum Gasteiger partial charge on any atom is 0.303 e. The summed E-state index contributed by atoms with van der Waals surface area (Å²) in [6.07, 6.45) is 2.37. The number of carbonyl (C=O) groups is 1. The van der Waals surface area contributed by atoms with Crippen LogP contribution in [0, 0.1) is 12.3 Å². The van der Waals surface area contributed by atoms with Crippen LogP contribution in [0.4, 0.5) is 5.69 Å². The molecule has 0 bridgehead atoms. The van der Waals surface area contributed by atoms with Crippen LogP contribution in [0.5, 0.6) is 0 Å². The van der Waals surface area contributed by atoms with E-state index in [4.69, 9.17) is 5.11 Å². The van der Waals surface area contributed by atoms with Crippen LogP contribution in [0.2, 0.25) is 0 Å². The van der Waals surface area contributed by atoms with Gasteiger partial charge in [0.1, 0.15) is 0 Å². The Kier molecular flexibility index (Phi) is 3.09. The van der Waals surface area contributed by atoms with Gasteiger partial charge in [0, 0.05) is 19.3 Å². The number of hydrogen-bond acceptors (Lipinski definition) is 2. The first-order valence-corrected chi connectivity index (χ1v) is 6.01. The summed E-state index contributed by atoms with van der Waals surface area (Å²) in [7, 11) is 2.05. The molecule has 3 nitrogen and oxygen atoms in total. The van der Waals surface area contributed by atoms with Gasteiger partial charge in [0.15, 0.2) is 0 Å². The highest BCUT2D eigenvalue weighted by molar-refractivity contribution is 5.68. The molecule has 1 aromatic carbocycles. The largest absolute Gasteiger partial charge is 0.481 e. The van der Waals surface area contributed by atoms with Crippen molar-refractivity contribution in [2.45, 2.75) is 26.2 Å². The number of aliphatic carboxylic acids is 1. The van der Waals surface area contributed by atoms with Crippen LogP contribution in [0.1, 0.15) is 24.8 Å². The third kappa shape index (κ3) is 2.78. The number of hydrogen-bond donors (Lipinski definition) is 1. The Morgan fingerprint density at radius 2 is 2.06 bits per heavy atom. The molecule has 0 amide bonds. The predicted molar refractivity (Wildman–Crippen MR) is 68.4 cm³/mol. The SMILES string of the molecule is Cc1ccccc1N(C)CC1(CC(=O)O)CC1. The standard InChI is InChI=1S/C14H19NO2/c1-11-5-3-4-6-12(11)15(2)10-14(7-8-14)9-13(16)17/h3-6H,7-10H2,1-2H3,(H,16,17). The zero-order valence-corrected chi connectivity index (χ0v) is 10.4. The third-order valence-corrected chi connectivity index (χ3v) is 3.58. The maximum absolute atomic E-state index is 10.8. The molecule has 92 valence electrons. The fraction of sp³-hybridized carbons (Fsp3) is 0.500. The molecule has 1 saturated carbocycles. The van der Waals surface area contributed by atoms with Crippen molar-refractivity contribution in [2.75, 3.05) is 18.5 Å². The van der Waals surface area contributed by atoms with Gasteiger partial charge in [-0.05, 0) is 36.8 Å². The molecular formula is C14H19NO2. The van der Waals surface area contributed by atoms with E-state index in [1.165, 1.54) is 11.3 Å². The second-order valence-electron chi connectivity index (χ2n) is 5.21. The predicted octanol–water partition coefficient (Wildman–Crippen LogP) is 2.69. The van der Waals surface area contributed by atoms with Gasteiger partial charge in [-0.15, -0.1) is 0 Å². The number of benzene rings is 1. The van der Waals surface area contributed by atoms with E-state index in [2.05, 4.69) is 24.0 Å². The Morgan fingerprint density at radius 3 is 2.59 bits per heavy atom. The van der Waals surface area contributed by atoms with Gasteiger partial charge in [-0.25, -0.2) is 0 Å². The van der Waals surface area contributed by atoms with E-state index in [9.17, 15) is 4.79 Å². The van der Waals surface area contributed by atoms with Crippen LogP contribution < -0.4 is 4.90 Å². The molecule has 0 heterocycles. The molecule has 1 fully saturated rings. The Hall–Kier alpha value is -1.51. The van der Waals surface area contributed by atoms with Gasteiger partial charge >= 0.3 is 5.97 Å². The molecule has 2 rings (SSSR count). The number of anilines is 1. The quantitative estimate of drug-likeness (QED) is 0.850. The molecule has 0 unspecified atom stereocenters. The topological polar surface area (TPSA) is 40.5 Å². The molecular weight excluding hydrogens is 214 g/mol.